The van der Waals surface area contributed by atoms with Crippen molar-refractivity contribution in [3.8, 4) is 5.75 Å². The fourth-order valence-electron chi connectivity index (χ4n) is 1.77. The molecule has 0 atom stereocenters. The number of amidine groups is 1. The van der Waals surface area contributed by atoms with Gasteiger partial charge in [0.2, 0.25) is 0 Å². The molecule has 26 heavy (non-hydrogen) atoms. The molecular weight excluding hydrogens is 362 g/mol. The van der Waals surface area contributed by atoms with E-state index in [2.05, 4.69) is 10.2 Å². The third-order valence-electron chi connectivity index (χ3n) is 2.91. The van der Waals surface area contributed by atoms with Crippen molar-refractivity contribution in [2.75, 3.05) is 0 Å². The second-order valence-electron chi connectivity index (χ2n) is 4.76. The molecule has 1 aromatic carbocycles. The Labute approximate surface area is 172 Å². The number of benzene rings is 1. The van der Waals surface area contributed by atoms with E-state index in [0.29, 0.717) is 17.7 Å². The summed E-state index contributed by atoms with van der Waals surface area (Å²) in [4.78, 5) is 0. The SMILES string of the molecule is CC/C(=N\N=C(/N)[O-])c1ccccc1[O-].[CH]1[CH][CH][CH][CH]1.[CH]1[CH][CH][CH][CH]1.[Ti+4]. The first-order valence-corrected chi connectivity index (χ1v) is 7.82. The van der Waals surface area contributed by atoms with E-state index >= 15 is 0 Å². The maximum Gasteiger partial charge on any atom is 4.00 e. The van der Waals surface area contributed by atoms with Crippen molar-refractivity contribution in [1.82, 2.24) is 0 Å². The van der Waals surface area contributed by atoms with Crippen LogP contribution in [-0.2, 0) is 21.7 Å². The van der Waals surface area contributed by atoms with Crippen LogP contribution in [-0.4, -0.2) is 11.7 Å². The normalized spacial score (nSPS) is 16.7. The molecule has 5 nitrogen and oxygen atoms in total. The van der Waals surface area contributed by atoms with Crippen LogP contribution in [0, 0.1) is 64.2 Å². The molecule has 0 aliphatic heterocycles. The molecule has 0 saturated heterocycles. The standard InChI is InChI=1S/C10H13N3O2.2C5H5.Ti/c1-2-8(12-13-10(11)15)7-5-3-4-6-9(7)14;2*1-2-4-5-3-1;/h3-6,14H,2H2,1H3,(H3,11,13,15);2*1-5H;/q;;;+4/p-2/b12-8+;;;. The molecule has 0 spiro atoms. The Morgan fingerprint density at radius 3 is 1.62 bits per heavy atom. The minimum Gasteiger partial charge on any atom is -0.872 e. The first-order chi connectivity index (χ1) is 12.1. The van der Waals surface area contributed by atoms with Gasteiger partial charge < -0.3 is 15.9 Å². The maximum atomic E-state index is 11.4. The van der Waals surface area contributed by atoms with Gasteiger partial charge in [0.05, 0.1) is 11.7 Å². The first kappa shape index (κ1) is 24.7. The number of nitrogens with zero attached hydrogens (tertiary/aromatic N) is 2. The fourth-order valence-corrected chi connectivity index (χ4v) is 1.77. The van der Waals surface area contributed by atoms with Crippen molar-refractivity contribution >= 4 is 11.7 Å². The third kappa shape index (κ3) is 11.3. The Hall–Kier alpha value is -1.33. The van der Waals surface area contributed by atoms with E-state index in [-0.39, 0.29) is 27.5 Å². The van der Waals surface area contributed by atoms with E-state index in [1.165, 1.54) is 6.07 Å². The molecule has 1 aromatic rings. The summed E-state index contributed by atoms with van der Waals surface area (Å²) in [5.41, 5.74) is 5.73. The smallest absolute Gasteiger partial charge is 0.872 e. The predicted molar refractivity (Wildman–Crippen MR) is 97.3 cm³/mol. The zero-order chi connectivity index (χ0) is 18.3. The van der Waals surface area contributed by atoms with Gasteiger partial charge in [-0.3, -0.25) is 0 Å². The van der Waals surface area contributed by atoms with E-state index in [0.717, 1.165) is 0 Å². The quantitative estimate of drug-likeness (QED) is 0.372. The van der Waals surface area contributed by atoms with Crippen molar-refractivity contribution in [3.05, 3.63) is 94.0 Å². The maximum absolute atomic E-state index is 11.4. The Morgan fingerprint density at radius 1 is 0.846 bits per heavy atom. The zero-order valence-electron chi connectivity index (χ0n) is 14.6. The van der Waals surface area contributed by atoms with E-state index in [4.69, 9.17) is 5.73 Å². The van der Waals surface area contributed by atoms with Gasteiger partial charge in [0.1, 0.15) is 0 Å². The minimum atomic E-state index is -0.871. The van der Waals surface area contributed by atoms with Gasteiger partial charge in [-0.15, -0.1) is 5.10 Å². The molecular formula is C20H21N3O2Ti+2. The molecule has 2 fully saturated rings. The Kier molecular flexibility index (Phi) is 15.1. The van der Waals surface area contributed by atoms with Crippen LogP contribution in [0.2, 0.25) is 0 Å². The number of nitrogens with two attached hydrogens (primary N) is 1. The number of hydrogen-bond acceptors (Lipinski definition) is 4. The van der Waals surface area contributed by atoms with Gasteiger partial charge in [0, 0.05) is 0 Å². The van der Waals surface area contributed by atoms with Gasteiger partial charge in [0.15, 0.2) is 0 Å². The largest absolute Gasteiger partial charge is 4.00 e. The van der Waals surface area contributed by atoms with E-state index in [1.54, 1.807) is 18.2 Å². The van der Waals surface area contributed by atoms with Crippen LogP contribution >= 0.6 is 0 Å². The second-order valence-corrected chi connectivity index (χ2v) is 4.76. The number of para-hydroxylation sites is 1. The molecule has 10 radical (unpaired) electrons. The predicted octanol–water partition coefficient (Wildman–Crippen LogP) is 1.59. The van der Waals surface area contributed by atoms with Crippen LogP contribution in [0.25, 0.3) is 0 Å². The van der Waals surface area contributed by atoms with Crippen molar-refractivity contribution < 1.29 is 31.9 Å². The van der Waals surface area contributed by atoms with Crippen LogP contribution in [0.15, 0.2) is 34.5 Å². The monoisotopic (exact) mass is 383 g/mol. The molecule has 0 aromatic heterocycles. The molecule has 0 amide bonds. The summed E-state index contributed by atoms with van der Waals surface area (Å²) in [6.07, 6.45) is 20.5. The minimum absolute atomic E-state index is 0. The van der Waals surface area contributed by atoms with Crippen LogP contribution in [0.3, 0.4) is 0 Å². The first-order valence-electron chi connectivity index (χ1n) is 7.82. The molecule has 0 heterocycles. The molecule has 2 N–H and O–H groups in total. The van der Waals surface area contributed by atoms with Crippen molar-refractivity contribution in [2.45, 2.75) is 13.3 Å². The number of hydrogen-bond donors (Lipinski definition) is 1. The Morgan fingerprint density at radius 2 is 1.27 bits per heavy atom. The van der Waals surface area contributed by atoms with Gasteiger partial charge >= 0.3 is 21.7 Å². The summed E-state index contributed by atoms with van der Waals surface area (Å²) < 4.78 is 0. The van der Waals surface area contributed by atoms with Crippen LogP contribution in [0.4, 0.5) is 0 Å². The van der Waals surface area contributed by atoms with Crippen LogP contribution in [0.1, 0.15) is 18.9 Å². The van der Waals surface area contributed by atoms with Gasteiger partial charge in [0.25, 0.3) is 0 Å². The van der Waals surface area contributed by atoms with Gasteiger partial charge in [-0.05, 0) is 76.2 Å². The fraction of sp³-hybridized carbons (Fsp3) is 0.100. The van der Waals surface area contributed by atoms with E-state index < -0.39 is 6.02 Å². The van der Waals surface area contributed by atoms with E-state index in [1.807, 2.05) is 71.1 Å². The molecule has 6 heteroatoms. The zero-order valence-corrected chi connectivity index (χ0v) is 16.1. The molecule has 0 unspecified atom stereocenters. The number of rotatable bonds is 3. The summed E-state index contributed by atoms with van der Waals surface area (Å²) in [5, 5.41) is 28.7. The van der Waals surface area contributed by atoms with E-state index in [9.17, 15) is 10.2 Å². The third-order valence-corrected chi connectivity index (χ3v) is 2.91. The average Bonchev–Trinajstić information content (AvgIpc) is 3.35. The van der Waals surface area contributed by atoms with Crippen LogP contribution < -0.4 is 15.9 Å². The summed E-state index contributed by atoms with van der Waals surface area (Å²) >= 11 is 0. The molecule has 3 rings (SSSR count). The molecule has 2 saturated carbocycles. The second kappa shape index (κ2) is 15.9. The van der Waals surface area contributed by atoms with Crippen molar-refractivity contribution in [1.29, 1.82) is 0 Å². The van der Waals surface area contributed by atoms with Gasteiger partial charge in [-0.1, -0.05) is 36.9 Å². The molecule has 2 aliphatic rings. The van der Waals surface area contributed by atoms with Crippen molar-refractivity contribution in [3.63, 3.8) is 0 Å². The average molecular weight is 383 g/mol. The van der Waals surface area contributed by atoms with Gasteiger partial charge in [-0.2, -0.15) is 5.10 Å². The molecule has 2 aliphatic carbocycles. The summed E-state index contributed by atoms with van der Waals surface area (Å²) in [6, 6.07) is 5.58. The van der Waals surface area contributed by atoms with Crippen LogP contribution in [0.5, 0.6) is 5.75 Å². The topological polar surface area (TPSA) is 96.9 Å². The summed E-state index contributed by atoms with van der Waals surface area (Å²) in [7, 11) is 0. The Bertz CT molecular complexity index is 510. The molecule has 0 bridgehead atoms. The summed E-state index contributed by atoms with van der Waals surface area (Å²) in [6.45, 7) is 1.82. The van der Waals surface area contributed by atoms with Gasteiger partial charge in [-0.25, -0.2) is 0 Å². The summed E-state index contributed by atoms with van der Waals surface area (Å²) in [5.74, 6) is -0.141. The Balaban J connectivity index is 0.000000460. The molecule has 130 valence electrons. The van der Waals surface area contributed by atoms with Crippen molar-refractivity contribution in [2.24, 2.45) is 15.9 Å².